The van der Waals surface area contributed by atoms with E-state index in [2.05, 4.69) is 6.58 Å². The van der Waals surface area contributed by atoms with Crippen LogP contribution in [0.2, 0.25) is 0 Å². The summed E-state index contributed by atoms with van der Waals surface area (Å²) in [5.41, 5.74) is 0. The monoisotopic (exact) mass is 274 g/mol. The van der Waals surface area contributed by atoms with E-state index in [1.54, 1.807) is 0 Å². The molecule has 0 radical (unpaired) electrons. The molecule has 19 heavy (non-hydrogen) atoms. The van der Waals surface area contributed by atoms with Crippen molar-refractivity contribution in [3.05, 3.63) is 12.7 Å². The SMILES string of the molecule is C=CCCCCCCO[C@@H](CO)[C@@H]1OC[C@@H](O)[C@@H]1O. The molecule has 3 N–H and O–H groups in total. The number of aliphatic hydroxyl groups excluding tert-OH is 3. The van der Waals surface area contributed by atoms with Crippen LogP contribution in [0.15, 0.2) is 12.7 Å². The molecule has 5 heteroatoms. The third-order valence-corrected chi connectivity index (χ3v) is 3.37. The Morgan fingerprint density at radius 2 is 2.00 bits per heavy atom. The molecule has 0 aromatic heterocycles. The van der Waals surface area contributed by atoms with Crippen molar-refractivity contribution in [3.63, 3.8) is 0 Å². The van der Waals surface area contributed by atoms with Crippen molar-refractivity contribution >= 4 is 0 Å². The van der Waals surface area contributed by atoms with Crippen molar-refractivity contribution in [3.8, 4) is 0 Å². The normalized spacial score (nSPS) is 28.5. The lowest BCUT2D eigenvalue weighted by molar-refractivity contribution is -0.101. The molecular formula is C14H26O5. The van der Waals surface area contributed by atoms with Gasteiger partial charge in [-0.1, -0.05) is 18.9 Å². The molecule has 112 valence electrons. The smallest absolute Gasteiger partial charge is 0.114 e. The van der Waals surface area contributed by atoms with Crippen molar-refractivity contribution in [1.82, 2.24) is 0 Å². The molecule has 1 aliphatic rings. The van der Waals surface area contributed by atoms with Crippen LogP contribution in [-0.4, -0.2) is 59.6 Å². The van der Waals surface area contributed by atoms with Gasteiger partial charge in [0, 0.05) is 6.61 Å². The highest BCUT2D eigenvalue weighted by Gasteiger charge is 2.40. The van der Waals surface area contributed by atoms with Crippen LogP contribution in [0.3, 0.4) is 0 Å². The van der Waals surface area contributed by atoms with Crippen LogP contribution in [0.5, 0.6) is 0 Å². The van der Waals surface area contributed by atoms with Crippen molar-refractivity contribution in [1.29, 1.82) is 0 Å². The predicted molar refractivity (Wildman–Crippen MR) is 71.9 cm³/mol. The van der Waals surface area contributed by atoms with Gasteiger partial charge in [0.05, 0.1) is 13.2 Å². The second kappa shape index (κ2) is 9.44. The van der Waals surface area contributed by atoms with Crippen LogP contribution in [-0.2, 0) is 9.47 Å². The van der Waals surface area contributed by atoms with Gasteiger partial charge in [-0.15, -0.1) is 6.58 Å². The molecule has 0 aliphatic carbocycles. The molecule has 0 aromatic rings. The number of hydrogen-bond donors (Lipinski definition) is 3. The number of aliphatic hydroxyl groups is 3. The summed E-state index contributed by atoms with van der Waals surface area (Å²) in [6.45, 7) is 4.08. The molecule has 1 fully saturated rings. The summed E-state index contributed by atoms with van der Waals surface area (Å²) in [7, 11) is 0. The van der Waals surface area contributed by atoms with Gasteiger partial charge in [-0.05, 0) is 19.3 Å². The molecule has 1 saturated heterocycles. The molecule has 0 bridgehead atoms. The predicted octanol–water partition coefficient (Wildman–Crippen LogP) is 0.621. The largest absolute Gasteiger partial charge is 0.394 e. The lowest BCUT2D eigenvalue weighted by Crippen LogP contribution is -2.42. The summed E-state index contributed by atoms with van der Waals surface area (Å²) in [5, 5.41) is 28.3. The summed E-state index contributed by atoms with van der Waals surface area (Å²) in [5.74, 6) is 0. The highest BCUT2D eigenvalue weighted by Crippen LogP contribution is 2.19. The van der Waals surface area contributed by atoms with Crippen molar-refractivity contribution < 1.29 is 24.8 Å². The summed E-state index contributed by atoms with van der Waals surface area (Å²) >= 11 is 0. The maximum atomic E-state index is 9.68. The maximum absolute atomic E-state index is 9.68. The van der Waals surface area contributed by atoms with Crippen LogP contribution >= 0.6 is 0 Å². The minimum absolute atomic E-state index is 0.0905. The van der Waals surface area contributed by atoms with Crippen LogP contribution in [0.1, 0.15) is 32.1 Å². The molecule has 0 unspecified atom stereocenters. The molecular weight excluding hydrogens is 248 g/mol. The maximum Gasteiger partial charge on any atom is 0.114 e. The Morgan fingerprint density at radius 1 is 1.26 bits per heavy atom. The number of unbranched alkanes of at least 4 members (excludes halogenated alkanes) is 4. The van der Waals surface area contributed by atoms with E-state index in [1.165, 1.54) is 0 Å². The summed E-state index contributed by atoms with van der Waals surface area (Å²) in [4.78, 5) is 0. The van der Waals surface area contributed by atoms with Gasteiger partial charge in [0.25, 0.3) is 0 Å². The van der Waals surface area contributed by atoms with E-state index in [4.69, 9.17) is 9.47 Å². The zero-order chi connectivity index (χ0) is 14.1. The van der Waals surface area contributed by atoms with Crippen LogP contribution in [0, 0.1) is 0 Å². The second-order valence-electron chi connectivity index (χ2n) is 4.94. The lowest BCUT2D eigenvalue weighted by atomic mass is 10.1. The third kappa shape index (κ3) is 5.58. The second-order valence-corrected chi connectivity index (χ2v) is 4.94. The van der Waals surface area contributed by atoms with E-state index in [-0.39, 0.29) is 13.2 Å². The van der Waals surface area contributed by atoms with Gasteiger partial charge >= 0.3 is 0 Å². The molecule has 0 amide bonds. The van der Waals surface area contributed by atoms with Gasteiger partial charge in [-0.2, -0.15) is 0 Å². The highest BCUT2D eigenvalue weighted by molar-refractivity contribution is 4.88. The first-order chi connectivity index (χ1) is 9.20. The van der Waals surface area contributed by atoms with E-state index in [9.17, 15) is 15.3 Å². The fraction of sp³-hybridized carbons (Fsp3) is 0.857. The lowest BCUT2D eigenvalue weighted by Gasteiger charge is -2.24. The summed E-state index contributed by atoms with van der Waals surface area (Å²) in [6.07, 6.45) is 4.15. The molecule has 0 aromatic carbocycles. The minimum atomic E-state index is -0.982. The molecule has 1 aliphatic heterocycles. The highest BCUT2D eigenvalue weighted by atomic mass is 16.6. The van der Waals surface area contributed by atoms with Gasteiger partial charge in [0.1, 0.15) is 24.4 Å². The van der Waals surface area contributed by atoms with Gasteiger partial charge in [0.15, 0.2) is 0 Å². The Morgan fingerprint density at radius 3 is 2.58 bits per heavy atom. The van der Waals surface area contributed by atoms with Crippen LogP contribution in [0.4, 0.5) is 0 Å². The quantitative estimate of drug-likeness (QED) is 0.402. The molecule has 1 heterocycles. The van der Waals surface area contributed by atoms with Crippen LogP contribution in [0.25, 0.3) is 0 Å². The molecule has 0 saturated carbocycles. The zero-order valence-electron chi connectivity index (χ0n) is 11.4. The van der Waals surface area contributed by atoms with Gasteiger partial charge in [0.2, 0.25) is 0 Å². The molecule has 0 spiro atoms. The fourth-order valence-electron chi connectivity index (χ4n) is 2.18. The summed E-state index contributed by atoms with van der Waals surface area (Å²) in [6, 6.07) is 0. The van der Waals surface area contributed by atoms with E-state index >= 15 is 0 Å². The van der Waals surface area contributed by atoms with E-state index in [0.717, 1.165) is 32.1 Å². The fourth-order valence-corrected chi connectivity index (χ4v) is 2.18. The Kier molecular flexibility index (Phi) is 8.25. The summed E-state index contributed by atoms with van der Waals surface area (Å²) < 4.78 is 10.8. The van der Waals surface area contributed by atoms with Crippen molar-refractivity contribution in [2.24, 2.45) is 0 Å². The van der Waals surface area contributed by atoms with E-state index in [0.29, 0.717) is 6.61 Å². The Balaban J connectivity index is 2.13. The first-order valence-corrected chi connectivity index (χ1v) is 7.01. The Hall–Kier alpha value is -0.460. The first kappa shape index (κ1) is 16.6. The number of ether oxygens (including phenoxy) is 2. The molecule has 1 rings (SSSR count). The van der Waals surface area contributed by atoms with Gasteiger partial charge < -0.3 is 24.8 Å². The number of rotatable bonds is 10. The Labute approximate surface area is 114 Å². The topological polar surface area (TPSA) is 79.2 Å². The van der Waals surface area contributed by atoms with Gasteiger partial charge in [-0.25, -0.2) is 0 Å². The number of allylic oxidation sites excluding steroid dienone is 1. The first-order valence-electron chi connectivity index (χ1n) is 7.01. The standard InChI is InChI=1S/C14H26O5/c1-2-3-4-5-6-7-8-18-12(9-15)14-13(17)11(16)10-19-14/h2,11-17H,1,3-10H2/t11-,12+,13+,14+/m1/s1. The third-order valence-electron chi connectivity index (χ3n) is 3.37. The number of hydrogen-bond acceptors (Lipinski definition) is 5. The van der Waals surface area contributed by atoms with E-state index < -0.39 is 24.4 Å². The average Bonchev–Trinajstić information content (AvgIpc) is 2.74. The zero-order valence-corrected chi connectivity index (χ0v) is 11.4. The van der Waals surface area contributed by atoms with Crippen LogP contribution < -0.4 is 0 Å². The van der Waals surface area contributed by atoms with E-state index in [1.807, 2.05) is 6.08 Å². The molecule has 4 atom stereocenters. The van der Waals surface area contributed by atoms with Crippen molar-refractivity contribution in [2.45, 2.75) is 56.5 Å². The minimum Gasteiger partial charge on any atom is -0.394 e. The molecule has 5 nitrogen and oxygen atoms in total. The van der Waals surface area contributed by atoms with Crippen molar-refractivity contribution in [2.75, 3.05) is 19.8 Å². The van der Waals surface area contributed by atoms with Gasteiger partial charge in [-0.3, -0.25) is 0 Å². The average molecular weight is 274 g/mol. The Bertz CT molecular complexity index is 246.